The zero-order chi connectivity index (χ0) is 19.1. The van der Waals surface area contributed by atoms with Crippen LogP contribution in [0.5, 0.6) is 0 Å². The molecule has 0 saturated heterocycles. The molecular formula is C19H21NO6. The first-order valence-electron chi connectivity index (χ1n) is 8.01. The van der Waals surface area contributed by atoms with Gasteiger partial charge in [-0.2, -0.15) is 0 Å². The van der Waals surface area contributed by atoms with Gasteiger partial charge in [0, 0.05) is 5.69 Å². The van der Waals surface area contributed by atoms with E-state index in [0.29, 0.717) is 16.8 Å². The number of H-pyrrole nitrogens is 1. The Morgan fingerprint density at radius 2 is 1.50 bits per heavy atom. The third-order valence-electron chi connectivity index (χ3n) is 3.95. The van der Waals surface area contributed by atoms with Crippen molar-refractivity contribution in [3.63, 3.8) is 0 Å². The molecule has 0 aliphatic carbocycles. The topological polar surface area (TPSA) is 94.7 Å². The first kappa shape index (κ1) is 19.2. The van der Waals surface area contributed by atoms with E-state index in [1.165, 1.54) is 14.2 Å². The molecule has 0 bridgehead atoms. The van der Waals surface area contributed by atoms with Gasteiger partial charge in [-0.1, -0.05) is 30.3 Å². The van der Waals surface area contributed by atoms with Crippen molar-refractivity contribution in [3.8, 4) is 0 Å². The Bertz CT molecular complexity index is 794. The van der Waals surface area contributed by atoms with Gasteiger partial charge in [0.15, 0.2) is 0 Å². The van der Waals surface area contributed by atoms with Gasteiger partial charge in [0.2, 0.25) is 0 Å². The molecule has 0 unspecified atom stereocenters. The van der Waals surface area contributed by atoms with E-state index in [1.807, 2.05) is 30.3 Å². The number of aryl methyl sites for hydroxylation is 1. The number of carbonyl (C=O) groups excluding carboxylic acids is 3. The Kier molecular flexibility index (Phi) is 6.54. The van der Waals surface area contributed by atoms with Crippen LogP contribution in [0.4, 0.5) is 0 Å². The highest BCUT2D eigenvalue weighted by atomic mass is 16.5. The second kappa shape index (κ2) is 8.84. The number of carbonyl (C=O) groups is 3. The molecule has 0 saturated carbocycles. The normalized spacial score (nSPS) is 10.3. The number of nitrogens with one attached hydrogen (secondary N) is 1. The molecule has 7 heteroatoms. The molecule has 0 radical (unpaired) electrons. The van der Waals surface area contributed by atoms with Crippen molar-refractivity contribution in [1.82, 2.24) is 4.98 Å². The standard InChI is InChI=1S/C19H21NO6/c1-12-14(9-16(21)24-2)15(10-17(22)25-3)18(20-12)19(23)26-11-13-7-5-4-6-8-13/h4-8,20H,9-11H2,1-3H3. The number of ether oxygens (including phenoxy) is 3. The van der Waals surface area contributed by atoms with Crippen molar-refractivity contribution in [2.45, 2.75) is 26.4 Å². The second-order valence-corrected chi connectivity index (χ2v) is 5.65. The number of aromatic nitrogens is 1. The van der Waals surface area contributed by atoms with Crippen molar-refractivity contribution < 1.29 is 28.6 Å². The number of hydrogen-bond acceptors (Lipinski definition) is 6. The Balaban J connectivity index is 2.27. The van der Waals surface area contributed by atoms with E-state index in [0.717, 1.165) is 5.56 Å². The molecule has 0 atom stereocenters. The van der Waals surface area contributed by atoms with E-state index in [9.17, 15) is 14.4 Å². The SMILES string of the molecule is COC(=O)Cc1c(C)[nH]c(C(=O)OCc2ccccc2)c1CC(=O)OC. The van der Waals surface area contributed by atoms with E-state index in [-0.39, 0.29) is 25.1 Å². The number of esters is 3. The molecular weight excluding hydrogens is 338 g/mol. The number of hydrogen-bond donors (Lipinski definition) is 1. The van der Waals surface area contributed by atoms with Crippen LogP contribution >= 0.6 is 0 Å². The summed E-state index contributed by atoms with van der Waals surface area (Å²) in [5, 5.41) is 0. The van der Waals surface area contributed by atoms with E-state index in [2.05, 4.69) is 9.72 Å². The van der Waals surface area contributed by atoms with Gasteiger partial charge < -0.3 is 19.2 Å². The molecule has 1 aromatic carbocycles. The monoisotopic (exact) mass is 359 g/mol. The number of rotatable bonds is 7. The van der Waals surface area contributed by atoms with Crippen LogP contribution < -0.4 is 0 Å². The van der Waals surface area contributed by atoms with Crippen LogP contribution in [-0.4, -0.2) is 37.1 Å². The quantitative estimate of drug-likeness (QED) is 0.601. The van der Waals surface area contributed by atoms with Gasteiger partial charge in [0.1, 0.15) is 12.3 Å². The van der Waals surface area contributed by atoms with Crippen LogP contribution in [0.25, 0.3) is 0 Å². The smallest absolute Gasteiger partial charge is 0.355 e. The minimum absolute atomic E-state index is 0.0584. The van der Waals surface area contributed by atoms with Crippen LogP contribution in [0.2, 0.25) is 0 Å². The molecule has 0 spiro atoms. The van der Waals surface area contributed by atoms with E-state index < -0.39 is 17.9 Å². The first-order valence-corrected chi connectivity index (χ1v) is 8.01. The Hall–Kier alpha value is -3.09. The summed E-state index contributed by atoms with van der Waals surface area (Å²) in [6.45, 7) is 1.81. The highest BCUT2D eigenvalue weighted by molar-refractivity contribution is 5.92. The summed E-state index contributed by atoms with van der Waals surface area (Å²) in [7, 11) is 2.54. The van der Waals surface area contributed by atoms with Crippen LogP contribution in [0.3, 0.4) is 0 Å². The second-order valence-electron chi connectivity index (χ2n) is 5.65. The fourth-order valence-corrected chi connectivity index (χ4v) is 2.55. The van der Waals surface area contributed by atoms with Crippen LogP contribution in [0.1, 0.15) is 32.9 Å². The molecule has 2 aromatic rings. The van der Waals surface area contributed by atoms with Crippen molar-refractivity contribution in [3.05, 3.63) is 58.4 Å². The minimum Gasteiger partial charge on any atom is -0.469 e. The summed E-state index contributed by atoms with van der Waals surface area (Å²) in [5.74, 6) is -1.60. The summed E-state index contributed by atoms with van der Waals surface area (Å²) < 4.78 is 14.7. The Morgan fingerprint density at radius 3 is 2.08 bits per heavy atom. The number of methoxy groups -OCH3 is 2. The maximum absolute atomic E-state index is 12.5. The summed E-state index contributed by atoms with van der Waals surface area (Å²) in [6.07, 6.45) is -0.208. The molecule has 0 fully saturated rings. The molecule has 0 aliphatic rings. The lowest BCUT2D eigenvalue weighted by molar-refractivity contribution is -0.141. The highest BCUT2D eigenvalue weighted by Gasteiger charge is 2.25. The molecule has 0 amide bonds. The van der Waals surface area contributed by atoms with E-state index in [4.69, 9.17) is 9.47 Å². The zero-order valence-corrected chi connectivity index (χ0v) is 15.0. The maximum atomic E-state index is 12.5. The maximum Gasteiger partial charge on any atom is 0.355 e. The van der Waals surface area contributed by atoms with Crippen molar-refractivity contribution in [2.24, 2.45) is 0 Å². The third kappa shape index (κ3) is 4.72. The first-order chi connectivity index (χ1) is 12.5. The lowest BCUT2D eigenvalue weighted by atomic mass is 10.0. The minimum atomic E-state index is -0.605. The number of aromatic amines is 1. The van der Waals surface area contributed by atoms with Crippen LogP contribution in [0, 0.1) is 6.92 Å². The summed E-state index contributed by atoms with van der Waals surface area (Å²) >= 11 is 0. The van der Waals surface area contributed by atoms with Gasteiger partial charge in [0.05, 0.1) is 27.1 Å². The molecule has 1 N–H and O–H groups in total. The van der Waals surface area contributed by atoms with E-state index in [1.54, 1.807) is 6.92 Å². The van der Waals surface area contributed by atoms with Gasteiger partial charge >= 0.3 is 17.9 Å². The molecule has 1 aromatic heterocycles. The number of benzene rings is 1. The molecule has 1 heterocycles. The fraction of sp³-hybridized carbons (Fsp3) is 0.316. The third-order valence-corrected chi connectivity index (χ3v) is 3.95. The van der Waals surface area contributed by atoms with Gasteiger partial charge in [0.25, 0.3) is 0 Å². The van der Waals surface area contributed by atoms with Crippen molar-refractivity contribution in [1.29, 1.82) is 0 Å². The molecule has 138 valence electrons. The fourth-order valence-electron chi connectivity index (χ4n) is 2.55. The average Bonchev–Trinajstić information content (AvgIpc) is 2.96. The van der Waals surface area contributed by atoms with Crippen LogP contribution in [0.15, 0.2) is 30.3 Å². The molecule has 0 aliphatic heterocycles. The Morgan fingerprint density at radius 1 is 0.923 bits per heavy atom. The lowest BCUT2D eigenvalue weighted by Crippen LogP contribution is -2.14. The van der Waals surface area contributed by atoms with Crippen molar-refractivity contribution >= 4 is 17.9 Å². The largest absolute Gasteiger partial charge is 0.469 e. The average molecular weight is 359 g/mol. The predicted molar refractivity (Wildman–Crippen MR) is 92.5 cm³/mol. The summed E-state index contributed by atoms with van der Waals surface area (Å²) in [4.78, 5) is 38.8. The summed E-state index contributed by atoms with van der Waals surface area (Å²) in [5.41, 5.74) is 2.50. The van der Waals surface area contributed by atoms with Gasteiger partial charge in [-0.05, 0) is 23.6 Å². The van der Waals surface area contributed by atoms with Crippen LogP contribution in [-0.2, 0) is 43.2 Å². The lowest BCUT2D eigenvalue weighted by Gasteiger charge is -2.07. The predicted octanol–water partition coefficient (Wildman–Crippen LogP) is 2.11. The molecule has 7 nitrogen and oxygen atoms in total. The highest BCUT2D eigenvalue weighted by Crippen LogP contribution is 2.22. The van der Waals surface area contributed by atoms with Gasteiger partial charge in [-0.15, -0.1) is 0 Å². The van der Waals surface area contributed by atoms with Gasteiger partial charge in [-0.25, -0.2) is 4.79 Å². The van der Waals surface area contributed by atoms with Crippen molar-refractivity contribution in [2.75, 3.05) is 14.2 Å². The van der Waals surface area contributed by atoms with E-state index >= 15 is 0 Å². The molecule has 26 heavy (non-hydrogen) atoms. The summed E-state index contributed by atoms with van der Waals surface area (Å²) in [6, 6.07) is 9.24. The Labute approximate surface area is 151 Å². The zero-order valence-electron chi connectivity index (χ0n) is 15.0. The van der Waals surface area contributed by atoms with Gasteiger partial charge in [-0.3, -0.25) is 9.59 Å². The molecule has 2 rings (SSSR count).